The minimum atomic E-state index is -2.20. The van der Waals surface area contributed by atoms with Crippen molar-refractivity contribution in [1.82, 2.24) is 4.90 Å². The van der Waals surface area contributed by atoms with Crippen LogP contribution in [0, 0.1) is 17.8 Å². The molecule has 1 heterocycles. The Morgan fingerprint density at radius 3 is 2.64 bits per heavy atom. The summed E-state index contributed by atoms with van der Waals surface area (Å²) < 4.78 is 34.3. The van der Waals surface area contributed by atoms with Gasteiger partial charge in [-0.25, -0.2) is 4.79 Å². The molecule has 0 bridgehead atoms. The van der Waals surface area contributed by atoms with E-state index in [0.29, 0.717) is 30.6 Å². The number of carbonyl (C=O) groups excluding carboxylic acids is 2. The topological polar surface area (TPSA) is 99.2 Å². The van der Waals surface area contributed by atoms with Gasteiger partial charge in [-0.2, -0.15) is 0 Å². The fourth-order valence-electron chi connectivity index (χ4n) is 7.00. The van der Waals surface area contributed by atoms with E-state index in [-0.39, 0.29) is 59.2 Å². The van der Waals surface area contributed by atoms with Crippen LogP contribution in [0.4, 0.5) is 5.69 Å². The average Bonchev–Trinajstić information content (AvgIpc) is 3.13. The molecule has 0 aromatic heterocycles. The van der Waals surface area contributed by atoms with Gasteiger partial charge < -0.3 is 23.8 Å². The molecule has 3 aliphatic rings. The van der Waals surface area contributed by atoms with Crippen LogP contribution in [-0.4, -0.2) is 71.2 Å². The first-order valence-electron chi connectivity index (χ1n) is 15.2. The average molecular weight is 653 g/mol. The number of hydrogen-bond donors (Lipinski definition) is 0. The van der Waals surface area contributed by atoms with Gasteiger partial charge in [0, 0.05) is 48.8 Å². The molecule has 2 aliphatic carbocycles. The summed E-state index contributed by atoms with van der Waals surface area (Å²) in [7, 11) is 3.21. The van der Waals surface area contributed by atoms with Gasteiger partial charge in [0.05, 0.1) is 25.0 Å². The number of ether oxygens (including phenoxy) is 2. The summed E-state index contributed by atoms with van der Waals surface area (Å²) in [5.41, 5.74) is 3.72. The van der Waals surface area contributed by atoms with E-state index in [0.717, 1.165) is 61.7 Å². The zero-order valence-corrected chi connectivity index (χ0v) is 30.0. The summed E-state index contributed by atoms with van der Waals surface area (Å²) in [5.74, 6) is 0.799. The van der Waals surface area contributed by atoms with Gasteiger partial charge in [0.25, 0.3) is 0 Å². The van der Waals surface area contributed by atoms with E-state index in [4.69, 9.17) is 21.1 Å². The normalized spacial score (nSPS) is 24.3. The van der Waals surface area contributed by atoms with E-state index in [1.54, 1.807) is 17.9 Å². The summed E-state index contributed by atoms with van der Waals surface area (Å²) in [5, 5.41) is 0.177. The van der Waals surface area contributed by atoms with Crippen LogP contribution < -0.4 is 39.2 Å². The zero-order valence-electron chi connectivity index (χ0n) is 26.5. The molecule has 1 saturated carbocycles. The number of carbonyl (C=O) groups is 2. The maximum Gasteiger partial charge on any atom is 1.00 e. The largest absolute Gasteiger partial charge is 1.00 e. The summed E-state index contributed by atoms with van der Waals surface area (Å²) >= 11 is 4.19. The molecule has 8 nitrogen and oxygen atoms in total. The Kier molecular flexibility index (Phi) is 11.9. The van der Waals surface area contributed by atoms with Crippen LogP contribution >= 0.6 is 11.6 Å². The number of anilines is 1. The van der Waals surface area contributed by atoms with E-state index >= 15 is 0 Å². The number of amides is 1. The van der Waals surface area contributed by atoms with E-state index in [1.165, 1.54) is 18.2 Å². The first-order chi connectivity index (χ1) is 20.5. The number of aryl methyl sites for hydroxylation is 1. The molecule has 2 aromatic carbocycles. The van der Waals surface area contributed by atoms with Crippen molar-refractivity contribution in [2.45, 2.75) is 63.0 Å². The monoisotopic (exact) mass is 652 g/mol. The smallest absolute Gasteiger partial charge is 0.772 e. The molecule has 0 N–H and O–H groups in total. The first kappa shape index (κ1) is 35.2. The number of hydrogen-bond acceptors (Lipinski definition) is 7. The van der Waals surface area contributed by atoms with Crippen molar-refractivity contribution < 1.29 is 57.4 Å². The Labute approximate surface area is 290 Å². The number of methoxy groups -OCH3 is 1. The number of fused-ring (bicyclic) bond motifs is 3. The van der Waals surface area contributed by atoms with Crippen molar-refractivity contribution in [2.24, 2.45) is 17.8 Å². The molecule has 1 aliphatic heterocycles. The predicted molar refractivity (Wildman–Crippen MR) is 168 cm³/mol. The molecule has 5 rings (SSSR count). The Bertz CT molecular complexity index is 1390. The Morgan fingerprint density at radius 1 is 1.20 bits per heavy atom. The number of halogens is 1. The van der Waals surface area contributed by atoms with Crippen molar-refractivity contribution >= 4 is 40.2 Å². The summed E-state index contributed by atoms with van der Waals surface area (Å²) in [6, 6.07) is 11.7. The van der Waals surface area contributed by atoms with Gasteiger partial charge >= 0.3 is 35.5 Å². The van der Waals surface area contributed by atoms with Crippen LogP contribution in [0.2, 0.25) is 5.02 Å². The molecule has 2 aromatic rings. The Balaban J connectivity index is 0.00000442. The van der Waals surface area contributed by atoms with Gasteiger partial charge in [-0.1, -0.05) is 42.6 Å². The molecule has 11 heteroatoms. The summed E-state index contributed by atoms with van der Waals surface area (Å²) in [6.45, 7) is 6.16. The molecule has 1 fully saturated rings. The maximum atomic E-state index is 13.0. The third-order valence-electron chi connectivity index (χ3n) is 10.0. The minimum absolute atomic E-state index is 0. The second-order valence-electron chi connectivity index (χ2n) is 12.8. The second-order valence-corrected chi connectivity index (χ2v) is 14.5. The van der Waals surface area contributed by atoms with Crippen molar-refractivity contribution in [2.75, 3.05) is 45.3 Å². The molecular formula is C33H42ClN2NaO6S. The van der Waals surface area contributed by atoms with Crippen LogP contribution in [0.25, 0.3) is 0 Å². The van der Waals surface area contributed by atoms with E-state index in [9.17, 15) is 18.4 Å². The zero-order chi connectivity index (χ0) is 30.9. The van der Waals surface area contributed by atoms with Crippen LogP contribution in [0.5, 0.6) is 5.75 Å². The summed E-state index contributed by atoms with van der Waals surface area (Å²) in [6.07, 6.45) is 5.32. The third kappa shape index (κ3) is 7.50. The van der Waals surface area contributed by atoms with Crippen LogP contribution in [0.15, 0.2) is 36.4 Å². The summed E-state index contributed by atoms with van der Waals surface area (Å²) in [4.78, 5) is 29.6. The van der Waals surface area contributed by atoms with E-state index < -0.39 is 16.3 Å². The van der Waals surface area contributed by atoms with Crippen molar-refractivity contribution in [3.63, 3.8) is 0 Å². The SMILES string of the molecule is COC(=O)c1ccc2c(c1)N(C[C@@H]1CC[C@H]1CN(C)C(=O)C[C@H](C)[C@@H](C)S(=O)[O-])C[C@@]1(CCCc3cc(Cl)ccc31)CO2.[Na+]. The molecule has 1 spiro atoms. The minimum Gasteiger partial charge on any atom is -0.772 e. The first-order valence-corrected chi connectivity index (χ1v) is 16.7. The Hall–Kier alpha value is -1.62. The third-order valence-corrected chi connectivity index (χ3v) is 11.3. The predicted octanol–water partition coefficient (Wildman–Crippen LogP) is 2.38. The van der Waals surface area contributed by atoms with Crippen LogP contribution in [0.3, 0.4) is 0 Å². The van der Waals surface area contributed by atoms with Crippen molar-refractivity contribution in [1.29, 1.82) is 0 Å². The van der Waals surface area contributed by atoms with Gasteiger partial charge in [0.15, 0.2) is 0 Å². The fourth-order valence-corrected chi connectivity index (χ4v) is 7.67. The molecule has 0 saturated heterocycles. The van der Waals surface area contributed by atoms with Crippen molar-refractivity contribution in [3.05, 3.63) is 58.1 Å². The van der Waals surface area contributed by atoms with Gasteiger partial charge in [0.1, 0.15) is 5.75 Å². The maximum absolute atomic E-state index is 13.0. The van der Waals surface area contributed by atoms with Gasteiger partial charge in [-0.15, -0.1) is 0 Å². The molecule has 1 unspecified atom stereocenters. The van der Waals surface area contributed by atoms with Gasteiger partial charge in [-0.3, -0.25) is 9.00 Å². The Morgan fingerprint density at radius 2 is 1.95 bits per heavy atom. The molecule has 234 valence electrons. The fraction of sp³-hybridized carbons (Fsp3) is 0.576. The van der Waals surface area contributed by atoms with Crippen molar-refractivity contribution in [3.8, 4) is 5.75 Å². The molecule has 0 radical (unpaired) electrons. The van der Waals surface area contributed by atoms with E-state index in [1.807, 2.05) is 32.2 Å². The number of benzene rings is 2. The number of esters is 1. The second kappa shape index (κ2) is 14.9. The standard InChI is InChI=1S/C33H43ClN2O6S.Na/c1-21(22(2)43(39)40)14-31(37)35(3)17-25-7-8-26(25)18-36-19-33(13-5-6-23-15-27(34)10-11-28(23)33)20-42-30-12-9-24(16-29(30)36)32(38)41-4;/h9-12,15-16,21-22,25-26H,5-8,13-14,17-20H2,1-4H3,(H,39,40);/q;+1/p-1/t21-,22+,25-,26-,33-;/m0./s1. The van der Waals surface area contributed by atoms with Crippen LogP contribution in [-0.2, 0) is 32.4 Å². The number of nitrogens with zero attached hydrogens (tertiary/aromatic N) is 2. The molecule has 1 amide bonds. The molecule has 6 atom stereocenters. The van der Waals surface area contributed by atoms with E-state index in [2.05, 4.69) is 17.0 Å². The quantitative estimate of drug-likeness (QED) is 0.233. The molecular weight excluding hydrogens is 611 g/mol. The molecule has 44 heavy (non-hydrogen) atoms. The van der Waals surface area contributed by atoms with Gasteiger partial charge in [-0.05, 0) is 91.3 Å². The van der Waals surface area contributed by atoms with Crippen LogP contribution in [0.1, 0.15) is 67.4 Å². The van der Waals surface area contributed by atoms with Gasteiger partial charge in [0.2, 0.25) is 5.91 Å². The number of rotatable bonds is 9.